The van der Waals surface area contributed by atoms with E-state index in [4.69, 9.17) is 4.42 Å². The third-order valence-corrected chi connectivity index (χ3v) is 6.62. The standard InChI is InChI=1S/C27H33N3O4/c1-19(31)29-23(21-12-6-3-7-13-21)16-25(32)28-18-27(33,17-20-10-4-2-5-11-20)26-30-22-14-8-9-15-24(22)34-26/h2,4-5,8-11,14-15,21,23,33H,3,6-7,12-13,16-18H2,1H3,(H,28,32)(H,29,31). The predicted molar refractivity (Wildman–Crippen MR) is 130 cm³/mol. The van der Waals surface area contributed by atoms with E-state index >= 15 is 0 Å². The van der Waals surface area contributed by atoms with Gasteiger partial charge in [0.2, 0.25) is 17.7 Å². The van der Waals surface area contributed by atoms with Crippen molar-refractivity contribution >= 4 is 22.9 Å². The third kappa shape index (κ3) is 6.03. The van der Waals surface area contributed by atoms with E-state index in [1.54, 1.807) is 6.07 Å². The number of para-hydroxylation sites is 2. The number of nitrogens with zero attached hydrogens (tertiary/aromatic N) is 1. The first-order valence-electron chi connectivity index (χ1n) is 12.1. The summed E-state index contributed by atoms with van der Waals surface area (Å²) >= 11 is 0. The Morgan fingerprint density at radius 2 is 1.79 bits per heavy atom. The lowest BCUT2D eigenvalue weighted by atomic mass is 9.82. The summed E-state index contributed by atoms with van der Waals surface area (Å²) in [6.07, 6.45) is 5.89. The second-order valence-corrected chi connectivity index (χ2v) is 9.37. The number of aromatic nitrogens is 1. The highest BCUT2D eigenvalue weighted by molar-refractivity contribution is 5.79. The lowest BCUT2D eigenvalue weighted by molar-refractivity contribution is -0.124. The fourth-order valence-corrected chi connectivity index (χ4v) is 4.87. The molecule has 7 heteroatoms. The Morgan fingerprint density at radius 1 is 1.09 bits per heavy atom. The molecule has 1 aliphatic carbocycles. The van der Waals surface area contributed by atoms with Gasteiger partial charge in [-0.15, -0.1) is 0 Å². The Kier molecular flexibility index (Phi) is 7.63. The van der Waals surface area contributed by atoms with Crippen molar-refractivity contribution in [3.8, 4) is 0 Å². The van der Waals surface area contributed by atoms with E-state index in [2.05, 4.69) is 15.6 Å². The number of nitrogens with one attached hydrogen (secondary N) is 2. The van der Waals surface area contributed by atoms with Gasteiger partial charge in [0, 0.05) is 25.8 Å². The molecule has 0 aliphatic heterocycles. The van der Waals surface area contributed by atoms with Gasteiger partial charge in [0.25, 0.3) is 0 Å². The zero-order valence-corrected chi connectivity index (χ0v) is 19.6. The number of amides is 2. The normalized spacial score (nSPS) is 17.1. The van der Waals surface area contributed by atoms with Crippen LogP contribution in [0.3, 0.4) is 0 Å². The second kappa shape index (κ2) is 10.8. The second-order valence-electron chi connectivity index (χ2n) is 9.37. The maximum Gasteiger partial charge on any atom is 0.229 e. The van der Waals surface area contributed by atoms with Crippen molar-refractivity contribution in [1.82, 2.24) is 15.6 Å². The van der Waals surface area contributed by atoms with Gasteiger partial charge in [-0.25, -0.2) is 4.98 Å². The van der Waals surface area contributed by atoms with Crippen LogP contribution >= 0.6 is 0 Å². The molecule has 2 amide bonds. The van der Waals surface area contributed by atoms with Gasteiger partial charge < -0.3 is 20.2 Å². The first-order valence-corrected chi connectivity index (χ1v) is 12.1. The van der Waals surface area contributed by atoms with Crippen molar-refractivity contribution in [3.05, 3.63) is 66.1 Å². The molecule has 2 unspecified atom stereocenters. The average Bonchev–Trinajstić information content (AvgIpc) is 3.29. The Hall–Kier alpha value is -3.19. The van der Waals surface area contributed by atoms with E-state index in [0.29, 0.717) is 17.0 Å². The summed E-state index contributed by atoms with van der Waals surface area (Å²) in [4.78, 5) is 29.2. The number of carbonyl (C=O) groups excluding carboxylic acids is 2. The first-order chi connectivity index (χ1) is 16.4. The smallest absolute Gasteiger partial charge is 0.229 e. The maximum absolute atomic E-state index is 13.0. The highest BCUT2D eigenvalue weighted by atomic mass is 16.4. The van der Waals surface area contributed by atoms with Crippen molar-refractivity contribution < 1.29 is 19.1 Å². The average molecular weight is 464 g/mol. The van der Waals surface area contributed by atoms with Gasteiger partial charge in [-0.3, -0.25) is 9.59 Å². The monoisotopic (exact) mass is 463 g/mol. The number of rotatable bonds is 9. The molecule has 1 saturated carbocycles. The summed E-state index contributed by atoms with van der Waals surface area (Å²) in [5, 5.41) is 17.5. The number of fused-ring (bicyclic) bond motifs is 1. The van der Waals surface area contributed by atoms with Gasteiger partial charge in [0.1, 0.15) is 5.52 Å². The molecule has 1 aliphatic rings. The van der Waals surface area contributed by atoms with Gasteiger partial charge in [-0.2, -0.15) is 0 Å². The van der Waals surface area contributed by atoms with Crippen LogP contribution in [0, 0.1) is 5.92 Å². The van der Waals surface area contributed by atoms with Crippen LogP contribution in [0.4, 0.5) is 0 Å². The van der Waals surface area contributed by atoms with Crippen molar-refractivity contribution in [3.63, 3.8) is 0 Å². The molecule has 1 fully saturated rings. The number of hydrogen-bond donors (Lipinski definition) is 3. The number of oxazole rings is 1. The Labute approximate surface area is 200 Å². The molecule has 0 spiro atoms. The summed E-state index contributed by atoms with van der Waals surface area (Å²) in [5.74, 6) is 0.120. The van der Waals surface area contributed by atoms with Crippen LogP contribution in [0.25, 0.3) is 11.1 Å². The van der Waals surface area contributed by atoms with Crippen molar-refractivity contribution in [2.24, 2.45) is 5.92 Å². The van der Waals surface area contributed by atoms with Gasteiger partial charge in [0.05, 0.1) is 6.54 Å². The van der Waals surface area contributed by atoms with E-state index in [0.717, 1.165) is 31.2 Å². The van der Waals surface area contributed by atoms with Crippen LogP contribution in [0.2, 0.25) is 0 Å². The van der Waals surface area contributed by atoms with Crippen molar-refractivity contribution in [2.75, 3.05) is 6.54 Å². The minimum absolute atomic E-state index is 0.0506. The molecule has 1 heterocycles. The summed E-state index contributed by atoms with van der Waals surface area (Å²) in [6, 6.07) is 16.7. The van der Waals surface area contributed by atoms with E-state index in [-0.39, 0.29) is 43.1 Å². The summed E-state index contributed by atoms with van der Waals surface area (Å²) in [7, 11) is 0. The zero-order chi connectivity index (χ0) is 24.0. The molecule has 4 rings (SSSR count). The lowest BCUT2D eigenvalue weighted by Gasteiger charge is -2.31. The van der Waals surface area contributed by atoms with Crippen molar-refractivity contribution in [1.29, 1.82) is 0 Å². The molecular weight excluding hydrogens is 430 g/mol. The molecule has 180 valence electrons. The number of benzene rings is 2. The molecule has 0 radical (unpaired) electrons. The molecule has 0 saturated heterocycles. The van der Waals surface area contributed by atoms with Gasteiger partial charge >= 0.3 is 0 Å². The molecule has 0 bridgehead atoms. The molecule has 2 aromatic carbocycles. The third-order valence-electron chi connectivity index (χ3n) is 6.62. The summed E-state index contributed by atoms with van der Waals surface area (Å²) < 4.78 is 5.90. The van der Waals surface area contributed by atoms with Crippen LogP contribution < -0.4 is 10.6 Å². The van der Waals surface area contributed by atoms with Crippen LogP contribution in [-0.2, 0) is 21.6 Å². The van der Waals surface area contributed by atoms with Crippen molar-refractivity contribution in [2.45, 2.75) is 63.5 Å². The van der Waals surface area contributed by atoms with Crippen LogP contribution in [0.15, 0.2) is 59.0 Å². The van der Waals surface area contributed by atoms with E-state index in [9.17, 15) is 14.7 Å². The fraction of sp³-hybridized carbons (Fsp3) is 0.444. The minimum Gasteiger partial charge on any atom is -0.437 e. The SMILES string of the molecule is CC(=O)NC(CC(=O)NCC(O)(Cc1ccccc1)c1nc2ccccc2o1)C1CCCCC1. The van der Waals surface area contributed by atoms with Gasteiger partial charge in [-0.1, -0.05) is 61.7 Å². The molecule has 3 N–H and O–H groups in total. The van der Waals surface area contributed by atoms with Gasteiger partial charge in [0.15, 0.2) is 11.2 Å². The lowest BCUT2D eigenvalue weighted by Crippen LogP contribution is -2.47. The van der Waals surface area contributed by atoms with E-state index in [1.165, 1.54) is 13.3 Å². The fourth-order valence-electron chi connectivity index (χ4n) is 4.87. The molecule has 3 aromatic rings. The Morgan fingerprint density at radius 3 is 2.50 bits per heavy atom. The minimum atomic E-state index is -1.52. The summed E-state index contributed by atoms with van der Waals surface area (Å²) in [6.45, 7) is 1.44. The molecule has 2 atom stereocenters. The highest BCUT2D eigenvalue weighted by Gasteiger charge is 2.36. The van der Waals surface area contributed by atoms with Crippen LogP contribution in [0.5, 0.6) is 0 Å². The molecule has 7 nitrogen and oxygen atoms in total. The zero-order valence-electron chi connectivity index (χ0n) is 19.6. The Balaban J connectivity index is 1.50. The van der Waals surface area contributed by atoms with Crippen LogP contribution in [-0.4, -0.2) is 34.5 Å². The topological polar surface area (TPSA) is 104 Å². The largest absolute Gasteiger partial charge is 0.437 e. The predicted octanol–water partition coefficient (Wildman–Crippen LogP) is 3.85. The number of hydrogen-bond acceptors (Lipinski definition) is 5. The quantitative estimate of drug-likeness (QED) is 0.447. The van der Waals surface area contributed by atoms with E-state index < -0.39 is 5.60 Å². The highest BCUT2D eigenvalue weighted by Crippen LogP contribution is 2.30. The molecular formula is C27H33N3O4. The Bertz CT molecular complexity index is 1070. The summed E-state index contributed by atoms with van der Waals surface area (Å²) in [5.41, 5.74) is 0.612. The number of aliphatic hydroxyl groups is 1. The molecule has 1 aromatic heterocycles. The molecule has 34 heavy (non-hydrogen) atoms. The van der Waals surface area contributed by atoms with E-state index in [1.807, 2.05) is 48.5 Å². The first kappa shape index (κ1) is 24.0. The number of carbonyl (C=O) groups is 2. The van der Waals surface area contributed by atoms with Crippen LogP contribution in [0.1, 0.15) is 56.9 Å². The van der Waals surface area contributed by atoms with Gasteiger partial charge in [-0.05, 0) is 36.5 Å². The maximum atomic E-state index is 13.0.